The van der Waals surface area contributed by atoms with Crippen molar-refractivity contribution in [1.82, 2.24) is 34.2 Å². The average Bonchev–Trinajstić information content (AvgIpc) is 4.02. The van der Waals surface area contributed by atoms with Crippen molar-refractivity contribution in [1.29, 1.82) is 0 Å². The van der Waals surface area contributed by atoms with Crippen molar-refractivity contribution in [3.05, 3.63) is 180 Å². The normalized spacial score (nSPS) is 12.4. The lowest BCUT2D eigenvalue weighted by Crippen LogP contribution is -3.00. The number of rotatable bonds is 6. The number of benzene rings is 4. The molecule has 0 aliphatic carbocycles. The molecule has 2 aliphatic rings. The van der Waals surface area contributed by atoms with Gasteiger partial charge in [-0.25, -0.2) is 29.2 Å². The van der Waals surface area contributed by atoms with Gasteiger partial charge in [0.15, 0.2) is 0 Å². The average molecular weight is 977 g/mol. The van der Waals surface area contributed by atoms with Crippen molar-refractivity contribution in [2.24, 2.45) is 7.05 Å². The van der Waals surface area contributed by atoms with E-state index in [1.165, 1.54) is 32.9 Å². The highest BCUT2D eigenvalue weighted by molar-refractivity contribution is 14.1. The summed E-state index contributed by atoms with van der Waals surface area (Å²) in [6, 6.07) is 30.5. The molecule has 0 saturated carbocycles. The summed E-state index contributed by atoms with van der Waals surface area (Å²) in [4.78, 5) is 83.2. The summed E-state index contributed by atoms with van der Waals surface area (Å²) >= 11 is 2.15. The lowest BCUT2D eigenvalue weighted by Gasteiger charge is -2.29. The predicted octanol–water partition coefficient (Wildman–Crippen LogP) is 2.61. The van der Waals surface area contributed by atoms with E-state index in [0.717, 1.165) is 26.2 Å². The number of aryl methyl sites for hydroxylation is 1. The molecular weight excluding hydrogens is 942 g/mol. The van der Waals surface area contributed by atoms with Gasteiger partial charge < -0.3 is 24.0 Å². The highest BCUT2D eigenvalue weighted by atomic mass is 127. The lowest BCUT2D eigenvalue weighted by molar-refractivity contribution is -0.670. The van der Waals surface area contributed by atoms with E-state index in [1.54, 1.807) is 78.9 Å². The van der Waals surface area contributed by atoms with Crippen LogP contribution in [0.5, 0.6) is 0 Å². The van der Waals surface area contributed by atoms with Gasteiger partial charge in [-0.1, -0.05) is 108 Å². The molecule has 0 bridgehead atoms. The standard InChI is InChI=1S/C20H17N4O3.C19H14N4O3.CH3I.HI/c1-21-11-12-22(14-21)20(27)23(13-15-7-3-2-4-8-15)24-18(25)16-9-5-6-10-17(16)19(24)26;24-17-15-8-4-5-9-16(15)18(25)23(17)22(12-14-6-2-1-3-7-14)19(26)21-11-10-20-13-21;1-2;/h2-12,14H,13H2,1H3;1-11,13H,12H2;1H3;1H/q+1;;;/p-1. The number of fused-ring (bicyclic) bond motifs is 2. The Bertz CT molecular complexity index is 2300. The van der Waals surface area contributed by atoms with Crippen LogP contribution in [0, 0.1) is 0 Å². The van der Waals surface area contributed by atoms with Crippen LogP contribution in [-0.4, -0.2) is 74.8 Å². The second-order valence-electron chi connectivity index (χ2n) is 12.0. The van der Waals surface area contributed by atoms with Gasteiger partial charge in [-0.3, -0.25) is 23.7 Å². The zero-order chi connectivity index (χ0) is 39.1. The molecule has 16 heteroatoms. The molecule has 0 atom stereocenters. The van der Waals surface area contributed by atoms with Gasteiger partial charge in [-0.05, 0) is 40.3 Å². The van der Waals surface area contributed by atoms with Gasteiger partial charge in [0.1, 0.15) is 18.7 Å². The van der Waals surface area contributed by atoms with Crippen LogP contribution in [0.1, 0.15) is 52.6 Å². The maximum atomic E-state index is 13.1. The van der Waals surface area contributed by atoms with E-state index in [1.807, 2.05) is 65.6 Å². The van der Waals surface area contributed by atoms with Crippen molar-refractivity contribution < 1.29 is 57.3 Å². The molecule has 8 rings (SSSR count). The zero-order valence-corrected chi connectivity index (χ0v) is 34.4. The number of imidazole rings is 2. The summed E-state index contributed by atoms with van der Waals surface area (Å²) in [5.41, 5.74) is 2.76. The van der Waals surface area contributed by atoms with E-state index < -0.39 is 35.7 Å². The van der Waals surface area contributed by atoms with E-state index in [2.05, 4.69) is 27.6 Å². The second kappa shape index (κ2) is 18.5. The van der Waals surface area contributed by atoms with Crippen LogP contribution in [0.4, 0.5) is 9.59 Å². The summed E-state index contributed by atoms with van der Waals surface area (Å²) in [5.74, 6) is -2.04. The van der Waals surface area contributed by atoms with Gasteiger partial charge in [-0.15, -0.1) is 0 Å². The van der Waals surface area contributed by atoms with Crippen molar-refractivity contribution >= 4 is 58.3 Å². The van der Waals surface area contributed by atoms with Crippen molar-refractivity contribution in [2.75, 3.05) is 4.93 Å². The summed E-state index contributed by atoms with van der Waals surface area (Å²) in [6.45, 7) is 0.163. The molecule has 4 aromatic carbocycles. The molecule has 2 aliphatic heterocycles. The molecule has 2 aromatic heterocycles. The lowest BCUT2D eigenvalue weighted by atomic mass is 10.1. The van der Waals surface area contributed by atoms with Crippen LogP contribution in [0.15, 0.2) is 147 Å². The fourth-order valence-electron chi connectivity index (χ4n) is 5.95. The predicted molar refractivity (Wildman–Crippen MR) is 207 cm³/mol. The van der Waals surface area contributed by atoms with Crippen LogP contribution >= 0.6 is 22.6 Å². The molecule has 4 heterocycles. The van der Waals surface area contributed by atoms with Gasteiger partial charge in [0.25, 0.3) is 30.0 Å². The zero-order valence-electron chi connectivity index (χ0n) is 30.1. The first-order valence-corrected chi connectivity index (χ1v) is 18.9. The van der Waals surface area contributed by atoms with Crippen molar-refractivity contribution in [2.45, 2.75) is 13.1 Å². The Hall–Kier alpha value is -6.02. The molecule has 284 valence electrons. The van der Waals surface area contributed by atoms with Gasteiger partial charge >= 0.3 is 12.1 Å². The van der Waals surface area contributed by atoms with E-state index in [-0.39, 0.29) is 48.2 Å². The van der Waals surface area contributed by atoms with Crippen LogP contribution in [0.25, 0.3) is 0 Å². The van der Waals surface area contributed by atoms with Gasteiger partial charge in [-0.2, -0.15) is 14.6 Å². The number of imide groups is 2. The molecule has 0 unspecified atom stereocenters. The van der Waals surface area contributed by atoms with Crippen LogP contribution in [0.2, 0.25) is 0 Å². The number of carbonyl (C=O) groups excluding carboxylic acids is 6. The number of carbonyl (C=O) groups is 6. The second-order valence-corrected chi connectivity index (χ2v) is 12.0. The molecular formula is C40H34I2N8O6. The highest BCUT2D eigenvalue weighted by Crippen LogP contribution is 2.27. The third-order valence-corrected chi connectivity index (χ3v) is 8.54. The Labute approximate surface area is 352 Å². The number of alkyl halides is 1. The minimum atomic E-state index is -0.541. The van der Waals surface area contributed by atoms with Crippen LogP contribution < -0.4 is 28.5 Å². The Morgan fingerprint density at radius 3 is 1.30 bits per heavy atom. The summed E-state index contributed by atoms with van der Waals surface area (Å²) in [5, 5.41) is 4.15. The monoisotopic (exact) mass is 976 g/mol. The molecule has 14 nitrogen and oxygen atoms in total. The first-order chi connectivity index (χ1) is 26.7. The maximum Gasteiger partial charge on any atom is 0.435 e. The molecule has 0 fully saturated rings. The van der Waals surface area contributed by atoms with Crippen LogP contribution in [0.3, 0.4) is 0 Å². The van der Waals surface area contributed by atoms with E-state index in [9.17, 15) is 28.8 Å². The van der Waals surface area contributed by atoms with Crippen LogP contribution in [-0.2, 0) is 20.1 Å². The Balaban J connectivity index is 0.000000202. The van der Waals surface area contributed by atoms with Gasteiger partial charge in [0.2, 0.25) is 0 Å². The first-order valence-electron chi connectivity index (χ1n) is 16.8. The third kappa shape index (κ3) is 8.45. The topological polar surface area (TPSA) is 142 Å². The number of hydrazine groups is 2. The maximum absolute atomic E-state index is 13.1. The Morgan fingerprint density at radius 1 is 0.589 bits per heavy atom. The van der Waals surface area contributed by atoms with Crippen molar-refractivity contribution in [3.63, 3.8) is 0 Å². The molecule has 6 aromatic rings. The fourth-order valence-corrected chi connectivity index (χ4v) is 5.95. The van der Waals surface area contributed by atoms with Gasteiger partial charge in [0.05, 0.1) is 42.4 Å². The quantitative estimate of drug-likeness (QED) is 0.108. The summed E-state index contributed by atoms with van der Waals surface area (Å²) in [6.07, 6.45) is 9.13. The number of halogens is 2. The summed E-state index contributed by atoms with van der Waals surface area (Å²) in [7, 11) is 1.79. The number of nitrogens with zero attached hydrogens (tertiary/aromatic N) is 8. The molecule has 0 spiro atoms. The number of hydrogen-bond donors (Lipinski definition) is 0. The summed E-state index contributed by atoms with van der Waals surface area (Å²) < 4.78 is 4.28. The smallest absolute Gasteiger partial charge is 0.435 e. The molecule has 56 heavy (non-hydrogen) atoms. The van der Waals surface area contributed by atoms with E-state index in [0.29, 0.717) is 11.1 Å². The number of hydrogen-bond acceptors (Lipinski definition) is 7. The molecule has 0 saturated heterocycles. The highest BCUT2D eigenvalue weighted by Gasteiger charge is 2.43. The molecule has 0 N–H and O–H groups in total. The van der Waals surface area contributed by atoms with Crippen molar-refractivity contribution in [3.8, 4) is 0 Å². The SMILES string of the molecule is CI.C[n+]1ccn(C(=O)N(Cc2ccccc2)N2C(=O)c3ccccc3C2=O)c1.O=C1c2ccccc2C(=O)N1N(Cc1ccccc1)C(=O)n1ccnc1.[I-]. The molecule has 6 amide bonds. The minimum Gasteiger partial charge on any atom is -1.00 e. The first kappa shape index (κ1) is 41.1. The minimum absolute atomic E-state index is 0. The number of aromatic nitrogens is 4. The van der Waals surface area contributed by atoms with E-state index >= 15 is 0 Å². The van der Waals surface area contributed by atoms with Gasteiger partial charge in [0, 0.05) is 12.4 Å². The fraction of sp³-hybridized carbons (Fsp3) is 0.100. The molecule has 0 radical (unpaired) electrons. The number of amides is 6. The Kier molecular flexibility index (Phi) is 13.6. The largest absolute Gasteiger partial charge is 1.00 e. The third-order valence-electron chi connectivity index (χ3n) is 8.54. The Morgan fingerprint density at radius 2 is 0.964 bits per heavy atom. The van der Waals surface area contributed by atoms with E-state index in [4.69, 9.17) is 0 Å².